The lowest BCUT2D eigenvalue weighted by molar-refractivity contribution is 0.254. The molecule has 0 radical (unpaired) electrons. The number of para-hydroxylation sites is 2. The van der Waals surface area contributed by atoms with Crippen LogP contribution in [0.4, 0.5) is 21.9 Å². The SMILES string of the molecule is COc1ccc(N(C)C(=O)N2c3ccccc3CCc3ccccc32)cc1. The third-order valence-corrected chi connectivity index (χ3v) is 5.07. The highest BCUT2D eigenvalue weighted by Gasteiger charge is 2.28. The van der Waals surface area contributed by atoms with Gasteiger partial charge in [0.15, 0.2) is 0 Å². The average Bonchev–Trinajstić information content (AvgIpc) is 2.89. The number of ether oxygens (including phenoxy) is 1. The van der Waals surface area contributed by atoms with Crippen LogP contribution in [-0.4, -0.2) is 20.2 Å². The molecule has 0 aromatic heterocycles. The molecule has 3 aromatic rings. The van der Waals surface area contributed by atoms with Crippen LogP contribution in [0.3, 0.4) is 0 Å². The van der Waals surface area contributed by atoms with Crippen molar-refractivity contribution in [3.05, 3.63) is 83.9 Å². The summed E-state index contributed by atoms with van der Waals surface area (Å²) in [5.41, 5.74) is 5.09. The number of aryl methyl sites for hydroxylation is 2. The summed E-state index contributed by atoms with van der Waals surface area (Å²) < 4.78 is 5.22. The monoisotopic (exact) mass is 358 g/mol. The fraction of sp³-hybridized carbons (Fsp3) is 0.174. The first kappa shape index (κ1) is 17.2. The lowest BCUT2D eigenvalue weighted by Gasteiger charge is -2.29. The summed E-state index contributed by atoms with van der Waals surface area (Å²) in [5.74, 6) is 0.769. The van der Waals surface area contributed by atoms with E-state index in [0.717, 1.165) is 35.7 Å². The largest absolute Gasteiger partial charge is 0.497 e. The summed E-state index contributed by atoms with van der Waals surface area (Å²) in [6, 6.07) is 23.7. The second-order valence-electron chi connectivity index (χ2n) is 6.63. The first-order chi connectivity index (χ1) is 13.2. The first-order valence-corrected chi connectivity index (χ1v) is 9.06. The number of benzene rings is 3. The zero-order valence-corrected chi connectivity index (χ0v) is 15.6. The summed E-state index contributed by atoms with van der Waals surface area (Å²) in [6.45, 7) is 0. The Kier molecular flexibility index (Phi) is 4.55. The first-order valence-electron chi connectivity index (χ1n) is 9.06. The van der Waals surface area contributed by atoms with E-state index in [-0.39, 0.29) is 6.03 Å². The van der Waals surface area contributed by atoms with Gasteiger partial charge in [-0.25, -0.2) is 4.79 Å². The number of carbonyl (C=O) groups is 1. The van der Waals surface area contributed by atoms with Crippen LogP contribution in [-0.2, 0) is 12.8 Å². The molecule has 0 bridgehead atoms. The lowest BCUT2D eigenvalue weighted by Crippen LogP contribution is -2.39. The van der Waals surface area contributed by atoms with Gasteiger partial charge in [-0.15, -0.1) is 0 Å². The van der Waals surface area contributed by atoms with Crippen LogP contribution in [0.25, 0.3) is 0 Å². The van der Waals surface area contributed by atoms with Gasteiger partial charge < -0.3 is 4.74 Å². The van der Waals surface area contributed by atoms with Gasteiger partial charge in [0.1, 0.15) is 5.75 Å². The smallest absolute Gasteiger partial charge is 0.333 e. The predicted octanol–water partition coefficient (Wildman–Crippen LogP) is 5.19. The molecule has 1 aliphatic rings. The minimum atomic E-state index is -0.0815. The molecule has 0 unspecified atom stereocenters. The molecule has 4 nitrogen and oxygen atoms in total. The van der Waals surface area contributed by atoms with Crippen molar-refractivity contribution in [2.24, 2.45) is 0 Å². The molecular weight excluding hydrogens is 336 g/mol. The van der Waals surface area contributed by atoms with E-state index >= 15 is 0 Å². The van der Waals surface area contributed by atoms with Gasteiger partial charge in [0.25, 0.3) is 0 Å². The van der Waals surface area contributed by atoms with Crippen molar-refractivity contribution in [2.75, 3.05) is 24.0 Å². The van der Waals surface area contributed by atoms with Gasteiger partial charge in [-0.2, -0.15) is 0 Å². The van der Waals surface area contributed by atoms with Gasteiger partial charge in [0.2, 0.25) is 0 Å². The second kappa shape index (κ2) is 7.16. The van der Waals surface area contributed by atoms with E-state index in [2.05, 4.69) is 12.1 Å². The fourth-order valence-electron chi connectivity index (χ4n) is 3.55. The van der Waals surface area contributed by atoms with Crippen LogP contribution in [0.2, 0.25) is 0 Å². The number of fused-ring (bicyclic) bond motifs is 2. The van der Waals surface area contributed by atoms with Crippen molar-refractivity contribution in [1.82, 2.24) is 0 Å². The third-order valence-electron chi connectivity index (χ3n) is 5.07. The van der Waals surface area contributed by atoms with Crippen LogP contribution >= 0.6 is 0 Å². The minimum Gasteiger partial charge on any atom is -0.497 e. The van der Waals surface area contributed by atoms with Crippen molar-refractivity contribution >= 4 is 23.1 Å². The molecule has 0 saturated heterocycles. The molecule has 2 amide bonds. The molecule has 136 valence electrons. The van der Waals surface area contributed by atoms with Gasteiger partial charge in [-0.3, -0.25) is 9.80 Å². The second-order valence-corrected chi connectivity index (χ2v) is 6.63. The maximum absolute atomic E-state index is 13.6. The number of anilines is 3. The highest BCUT2D eigenvalue weighted by molar-refractivity contribution is 6.09. The van der Waals surface area contributed by atoms with E-state index in [1.165, 1.54) is 11.1 Å². The predicted molar refractivity (Wildman–Crippen MR) is 109 cm³/mol. The van der Waals surface area contributed by atoms with Crippen LogP contribution in [0.1, 0.15) is 11.1 Å². The highest BCUT2D eigenvalue weighted by atomic mass is 16.5. The Morgan fingerprint density at radius 3 is 1.89 bits per heavy atom. The molecule has 0 spiro atoms. The Morgan fingerprint density at radius 1 is 0.852 bits per heavy atom. The Hall–Kier alpha value is -3.27. The zero-order valence-electron chi connectivity index (χ0n) is 15.6. The van der Waals surface area contributed by atoms with E-state index in [1.807, 2.05) is 65.6 Å². The van der Waals surface area contributed by atoms with E-state index in [1.54, 1.807) is 19.1 Å². The average molecular weight is 358 g/mol. The molecule has 3 aromatic carbocycles. The fourth-order valence-corrected chi connectivity index (χ4v) is 3.55. The minimum absolute atomic E-state index is 0.0815. The number of hydrogen-bond acceptors (Lipinski definition) is 2. The zero-order chi connectivity index (χ0) is 18.8. The molecular formula is C23H22N2O2. The normalized spacial score (nSPS) is 12.6. The van der Waals surface area contributed by atoms with Crippen LogP contribution in [0, 0.1) is 0 Å². The Labute approximate surface area is 159 Å². The Morgan fingerprint density at radius 2 is 1.37 bits per heavy atom. The van der Waals surface area contributed by atoms with Gasteiger partial charge in [0, 0.05) is 12.7 Å². The summed E-state index contributed by atoms with van der Waals surface area (Å²) in [4.78, 5) is 17.1. The summed E-state index contributed by atoms with van der Waals surface area (Å²) in [6.07, 6.45) is 1.84. The van der Waals surface area contributed by atoms with Gasteiger partial charge >= 0.3 is 6.03 Å². The number of methoxy groups -OCH3 is 1. The molecule has 0 aliphatic carbocycles. The molecule has 0 N–H and O–H groups in total. The molecule has 0 saturated carbocycles. The van der Waals surface area contributed by atoms with Gasteiger partial charge in [-0.1, -0.05) is 36.4 Å². The molecule has 4 heteroatoms. The number of amides is 2. The summed E-state index contributed by atoms with van der Waals surface area (Å²) in [5, 5.41) is 0. The maximum atomic E-state index is 13.6. The van der Waals surface area contributed by atoms with Crippen molar-refractivity contribution in [3.8, 4) is 5.75 Å². The van der Waals surface area contributed by atoms with Crippen molar-refractivity contribution < 1.29 is 9.53 Å². The summed E-state index contributed by atoms with van der Waals surface area (Å²) >= 11 is 0. The number of nitrogens with zero attached hydrogens (tertiary/aromatic N) is 2. The van der Waals surface area contributed by atoms with E-state index < -0.39 is 0 Å². The quantitative estimate of drug-likeness (QED) is 0.632. The number of carbonyl (C=O) groups excluding carboxylic acids is 1. The van der Waals surface area contributed by atoms with Crippen molar-refractivity contribution in [2.45, 2.75) is 12.8 Å². The van der Waals surface area contributed by atoms with E-state index in [4.69, 9.17) is 4.74 Å². The highest BCUT2D eigenvalue weighted by Crippen LogP contribution is 2.37. The molecule has 27 heavy (non-hydrogen) atoms. The molecule has 4 rings (SSSR count). The number of hydrogen-bond donors (Lipinski definition) is 0. The maximum Gasteiger partial charge on any atom is 0.333 e. The van der Waals surface area contributed by atoms with E-state index in [0.29, 0.717) is 0 Å². The number of urea groups is 1. The van der Waals surface area contributed by atoms with Gasteiger partial charge in [0.05, 0.1) is 18.5 Å². The summed E-state index contributed by atoms with van der Waals surface area (Å²) in [7, 11) is 3.44. The van der Waals surface area contributed by atoms with Gasteiger partial charge in [-0.05, 0) is 60.4 Å². The molecule has 1 aliphatic heterocycles. The van der Waals surface area contributed by atoms with Crippen molar-refractivity contribution in [3.63, 3.8) is 0 Å². The number of rotatable bonds is 2. The standard InChI is InChI=1S/C23H22N2O2/c1-24(19-13-15-20(27-2)16-14-19)23(26)25-21-9-5-3-7-17(21)11-12-18-8-4-6-10-22(18)25/h3-10,13-16H,11-12H2,1-2H3. The van der Waals surface area contributed by atoms with Crippen LogP contribution < -0.4 is 14.5 Å². The van der Waals surface area contributed by atoms with Crippen molar-refractivity contribution in [1.29, 1.82) is 0 Å². The molecule has 1 heterocycles. The Balaban J connectivity index is 1.78. The Bertz CT molecular complexity index is 919. The molecule has 0 fully saturated rings. The van der Waals surface area contributed by atoms with E-state index in [9.17, 15) is 4.79 Å². The lowest BCUT2D eigenvalue weighted by atomic mass is 10.0. The van der Waals surface area contributed by atoms with Crippen LogP contribution in [0.5, 0.6) is 5.75 Å². The molecule has 0 atom stereocenters. The van der Waals surface area contributed by atoms with Crippen LogP contribution in [0.15, 0.2) is 72.8 Å². The topological polar surface area (TPSA) is 32.8 Å². The third kappa shape index (κ3) is 3.14.